The molecular formula is C15H21N3O3. The second-order valence-electron chi connectivity index (χ2n) is 5.48. The van der Waals surface area contributed by atoms with Gasteiger partial charge in [-0.3, -0.25) is 14.3 Å². The predicted molar refractivity (Wildman–Crippen MR) is 77.5 cm³/mol. The fourth-order valence-corrected chi connectivity index (χ4v) is 2.76. The van der Waals surface area contributed by atoms with Crippen LogP contribution < -0.4 is 5.32 Å². The van der Waals surface area contributed by atoms with Crippen molar-refractivity contribution in [3.05, 3.63) is 29.1 Å². The van der Waals surface area contributed by atoms with E-state index in [2.05, 4.69) is 10.4 Å². The minimum atomic E-state index is -0.909. The van der Waals surface area contributed by atoms with E-state index >= 15 is 0 Å². The molecule has 0 aromatic carbocycles. The lowest BCUT2D eigenvalue weighted by Gasteiger charge is -2.24. The second kappa shape index (κ2) is 6.11. The standard InChI is InChI=1S/C15H21N3O3/c1-9-13(10(2)18(3)17-9)8-16-14(19)11-6-4-5-7-12(11)15(20)21/h4-5,11-12H,6-8H2,1-3H3,(H,16,19)(H,20,21)/t11-,12+/m1/s1. The zero-order valence-electron chi connectivity index (χ0n) is 12.6. The Balaban J connectivity index is 2.04. The fraction of sp³-hybridized carbons (Fsp3) is 0.533. The van der Waals surface area contributed by atoms with E-state index in [0.29, 0.717) is 19.4 Å². The number of nitrogens with one attached hydrogen (secondary N) is 1. The van der Waals surface area contributed by atoms with Crippen molar-refractivity contribution >= 4 is 11.9 Å². The Morgan fingerprint density at radius 2 is 1.95 bits per heavy atom. The van der Waals surface area contributed by atoms with Gasteiger partial charge in [0, 0.05) is 24.8 Å². The van der Waals surface area contributed by atoms with Gasteiger partial charge in [-0.1, -0.05) is 12.2 Å². The number of rotatable bonds is 4. The van der Waals surface area contributed by atoms with E-state index in [9.17, 15) is 14.7 Å². The van der Waals surface area contributed by atoms with Gasteiger partial charge in [-0.2, -0.15) is 5.10 Å². The van der Waals surface area contributed by atoms with E-state index in [1.165, 1.54) is 0 Å². The molecule has 6 nitrogen and oxygen atoms in total. The van der Waals surface area contributed by atoms with Crippen molar-refractivity contribution in [2.75, 3.05) is 0 Å². The van der Waals surface area contributed by atoms with Crippen LogP contribution in [0.2, 0.25) is 0 Å². The van der Waals surface area contributed by atoms with Crippen molar-refractivity contribution in [3.63, 3.8) is 0 Å². The van der Waals surface area contributed by atoms with Crippen LogP contribution in [-0.4, -0.2) is 26.8 Å². The fourth-order valence-electron chi connectivity index (χ4n) is 2.76. The number of aliphatic carboxylic acids is 1. The first-order valence-electron chi connectivity index (χ1n) is 7.06. The van der Waals surface area contributed by atoms with E-state index < -0.39 is 17.8 Å². The number of hydrogen-bond acceptors (Lipinski definition) is 3. The molecule has 2 atom stereocenters. The van der Waals surface area contributed by atoms with E-state index in [0.717, 1.165) is 17.0 Å². The van der Waals surface area contributed by atoms with Crippen LogP contribution in [0.4, 0.5) is 0 Å². The van der Waals surface area contributed by atoms with Crippen LogP contribution in [0, 0.1) is 25.7 Å². The van der Waals surface area contributed by atoms with Gasteiger partial charge in [-0.05, 0) is 26.7 Å². The second-order valence-corrected chi connectivity index (χ2v) is 5.48. The Morgan fingerprint density at radius 3 is 2.48 bits per heavy atom. The number of carboxylic acids is 1. The molecule has 21 heavy (non-hydrogen) atoms. The van der Waals surface area contributed by atoms with Gasteiger partial charge in [0.25, 0.3) is 0 Å². The number of hydrogen-bond donors (Lipinski definition) is 2. The van der Waals surface area contributed by atoms with Crippen LogP contribution in [0.3, 0.4) is 0 Å². The van der Waals surface area contributed by atoms with Gasteiger partial charge in [-0.15, -0.1) is 0 Å². The number of aryl methyl sites for hydroxylation is 2. The maximum absolute atomic E-state index is 12.3. The highest BCUT2D eigenvalue weighted by Gasteiger charge is 2.33. The summed E-state index contributed by atoms with van der Waals surface area (Å²) in [4.78, 5) is 23.5. The molecule has 1 aliphatic rings. The molecule has 2 N–H and O–H groups in total. The van der Waals surface area contributed by atoms with Crippen LogP contribution in [0.25, 0.3) is 0 Å². The number of nitrogens with zero attached hydrogens (tertiary/aromatic N) is 2. The zero-order chi connectivity index (χ0) is 15.6. The summed E-state index contributed by atoms with van der Waals surface area (Å²) < 4.78 is 1.78. The third kappa shape index (κ3) is 3.15. The lowest BCUT2D eigenvalue weighted by molar-refractivity contribution is -0.147. The number of carboxylic acid groups (broad SMARTS) is 1. The van der Waals surface area contributed by atoms with Gasteiger partial charge in [0.05, 0.1) is 17.5 Å². The molecule has 0 bridgehead atoms. The summed E-state index contributed by atoms with van der Waals surface area (Å²) in [7, 11) is 1.86. The molecule has 1 amide bonds. The Kier molecular flexibility index (Phi) is 4.45. The first-order chi connectivity index (χ1) is 9.91. The highest BCUT2D eigenvalue weighted by atomic mass is 16.4. The highest BCUT2D eigenvalue weighted by Crippen LogP contribution is 2.26. The zero-order valence-corrected chi connectivity index (χ0v) is 12.6. The average molecular weight is 291 g/mol. The van der Waals surface area contributed by atoms with Crippen molar-refractivity contribution in [3.8, 4) is 0 Å². The molecule has 0 unspecified atom stereocenters. The smallest absolute Gasteiger partial charge is 0.307 e. The van der Waals surface area contributed by atoms with Crippen molar-refractivity contribution in [1.29, 1.82) is 0 Å². The molecule has 1 aliphatic carbocycles. The molecule has 114 valence electrons. The van der Waals surface area contributed by atoms with Gasteiger partial charge in [-0.25, -0.2) is 0 Å². The summed E-state index contributed by atoms with van der Waals surface area (Å²) in [6.07, 6.45) is 4.61. The van der Waals surface area contributed by atoms with Crippen LogP contribution in [-0.2, 0) is 23.2 Å². The molecule has 0 spiro atoms. The van der Waals surface area contributed by atoms with E-state index in [4.69, 9.17) is 0 Å². The molecule has 0 fully saturated rings. The van der Waals surface area contributed by atoms with Crippen molar-refractivity contribution in [1.82, 2.24) is 15.1 Å². The lowest BCUT2D eigenvalue weighted by atomic mass is 9.82. The summed E-state index contributed by atoms with van der Waals surface area (Å²) in [6, 6.07) is 0. The number of carbonyl (C=O) groups excluding carboxylic acids is 1. The van der Waals surface area contributed by atoms with Crippen molar-refractivity contribution in [2.45, 2.75) is 33.2 Å². The van der Waals surface area contributed by atoms with Gasteiger partial charge in [0.15, 0.2) is 0 Å². The van der Waals surface area contributed by atoms with Gasteiger partial charge in [0.1, 0.15) is 0 Å². The minimum Gasteiger partial charge on any atom is -0.481 e. The first kappa shape index (κ1) is 15.3. The third-order valence-corrected chi connectivity index (χ3v) is 4.18. The van der Waals surface area contributed by atoms with Crippen molar-refractivity contribution < 1.29 is 14.7 Å². The molecule has 1 heterocycles. The van der Waals surface area contributed by atoms with Gasteiger partial charge < -0.3 is 10.4 Å². The Hall–Kier alpha value is -2.11. The largest absolute Gasteiger partial charge is 0.481 e. The van der Waals surface area contributed by atoms with Crippen LogP contribution >= 0.6 is 0 Å². The number of allylic oxidation sites excluding steroid dienone is 2. The molecule has 0 aliphatic heterocycles. The van der Waals surface area contributed by atoms with Crippen LogP contribution in [0.5, 0.6) is 0 Å². The van der Waals surface area contributed by atoms with Gasteiger partial charge in [0.2, 0.25) is 5.91 Å². The minimum absolute atomic E-state index is 0.200. The maximum atomic E-state index is 12.3. The summed E-state index contributed by atoms with van der Waals surface area (Å²) in [5.41, 5.74) is 2.88. The van der Waals surface area contributed by atoms with E-state index in [1.807, 2.05) is 33.0 Å². The average Bonchev–Trinajstić information content (AvgIpc) is 2.70. The molecule has 0 saturated carbocycles. The van der Waals surface area contributed by atoms with Gasteiger partial charge >= 0.3 is 5.97 Å². The number of aromatic nitrogens is 2. The third-order valence-electron chi connectivity index (χ3n) is 4.18. The van der Waals surface area contributed by atoms with E-state index in [1.54, 1.807) is 4.68 Å². The summed E-state index contributed by atoms with van der Waals surface area (Å²) in [6.45, 7) is 4.24. The predicted octanol–water partition coefficient (Wildman–Crippen LogP) is 1.32. The van der Waals surface area contributed by atoms with Crippen LogP contribution in [0.15, 0.2) is 12.2 Å². The molecule has 6 heteroatoms. The molecular weight excluding hydrogens is 270 g/mol. The lowest BCUT2D eigenvalue weighted by Crippen LogP contribution is -2.38. The van der Waals surface area contributed by atoms with Crippen molar-refractivity contribution in [2.24, 2.45) is 18.9 Å². The Morgan fingerprint density at radius 1 is 1.33 bits per heavy atom. The first-order valence-corrected chi connectivity index (χ1v) is 7.06. The SMILES string of the molecule is Cc1nn(C)c(C)c1CNC(=O)[C@@H]1CC=CC[C@@H]1C(=O)O. The maximum Gasteiger partial charge on any atom is 0.307 e. The molecule has 1 aromatic rings. The Bertz CT molecular complexity index is 589. The topological polar surface area (TPSA) is 84.2 Å². The van der Waals surface area contributed by atoms with E-state index in [-0.39, 0.29) is 5.91 Å². The summed E-state index contributed by atoms with van der Waals surface area (Å²) in [5.74, 6) is -2.24. The Labute approximate surface area is 123 Å². The number of amides is 1. The summed E-state index contributed by atoms with van der Waals surface area (Å²) in [5, 5.41) is 16.4. The molecule has 1 aromatic heterocycles. The normalized spacial score (nSPS) is 21.3. The quantitative estimate of drug-likeness (QED) is 0.819. The monoisotopic (exact) mass is 291 g/mol. The van der Waals surface area contributed by atoms with Crippen LogP contribution in [0.1, 0.15) is 29.8 Å². The summed E-state index contributed by atoms with van der Waals surface area (Å²) >= 11 is 0. The molecule has 0 radical (unpaired) electrons. The molecule has 2 rings (SSSR count). The number of carbonyl (C=O) groups is 2. The molecule has 0 saturated heterocycles. The highest BCUT2D eigenvalue weighted by molar-refractivity contribution is 5.85.